The number of aliphatic hydroxyl groups is 1. The average Bonchev–Trinajstić information content (AvgIpc) is 3.24. The number of nitrogens with zero attached hydrogens (tertiary/aromatic N) is 2. The number of hydrogen-bond acceptors (Lipinski definition) is 3. The summed E-state index contributed by atoms with van der Waals surface area (Å²) in [7, 11) is 0. The fraction of sp³-hybridized carbons (Fsp3) is 0.583. The van der Waals surface area contributed by atoms with E-state index in [0.717, 1.165) is 49.7 Å². The largest absolute Gasteiger partial charge is 0.394 e. The van der Waals surface area contributed by atoms with Gasteiger partial charge in [0.1, 0.15) is 6.54 Å². The van der Waals surface area contributed by atoms with Gasteiger partial charge in [-0.05, 0) is 37.0 Å². The summed E-state index contributed by atoms with van der Waals surface area (Å²) in [5.74, 6) is 6.27. The first-order valence-electron chi connectivity index (χ1n) is 11.2. The molecule has 2 N–H and O–H groups in total. The van der Waals surface area contributed by atoms with Crippen LogP contribution in [-0.4, -0.2) is 64.7 Å². The molecular formula is C24H31N3O3. The van der Waals surface area contributed by atoms with Crippen LogP contribution >= 0.6 is 0 Å². The van der Waals surface area contributed by atoms with Crippen LogP contribution in [0.15, 0.2) is 24.3 Å². The fourth-order valence-corrected chi connectivity index (χ4v) is 5.07. The van der Waals surface area contributed by atoms with Gasteiger partial charge in [-0.3, -0.25) is 4.79 Å². The molecule has 30 heavy (non-hydrogen) atoms. The van der Waals surface area contributed by atoms with Crippen molar-refractivity contribution in [3.63, 3.8) is 0 Å². The highest BCUT2D eigenvalue weighted by molar-refractivity contribution is 5.87. The van der Waals surface area contributed by atoms with Crippen molar-refractivity contribution >= 4 is 11.9 Å². The average molecular weight is 410 g/mol. The lowest BCUT2D eigenvalue weighted by Gasteiger charge is -2.58. The van der Waals surface area contributed by atoms with Gasteiger partial charge in [-0.25, -0.2) is 4.79 Å². The minimum Gasteiger partial charge on any atom is -0.394 e. The maximum atomic E-state index is 12.7. The molecule has 0 unspecified atom stereocenters. The number of fused-ring (bicyclic) bond motifs is 1. The van der Waals surface area contributed by atoms with Crippen LogP contribution in [0.2, 0.25) is 0 Å². The van der Waals surface area contributed by atoms with Crippen LogP contribution in [0.4, 0.5) is 4.79 Å². The summed E-state index contributed by atoms with van der Waals surface area (Å²) in [5, 5.41) is 13.0. The van der Waals surface area contributed by atoms with Crippen molar-refractivity contribution in [3.05, 3.63) is 35.4 Å². The number of amides is 3. The van der Waals surface area contributed by atoms with Crippen molar-refractivity contribution in [2.45, 2.75) is 69.5 Å². The number of nitrogens with one attached hydrogen (secondary N) is 1. The van der Waals surface area contributed by atoms with Crippen LogP contribution in [0.3, 0.4) is 0 Å². The SMILES string of the molecule is CCCC#Cc1ccc([C@H]2[C@@H](CO)N3C(=O)CN(C(=O)NC4CCCC4)C[C@@H]23)cc1. The van der Waals surface area contributed by atoms with E-state index in [1.165, 1.54) is 0 Å². The summed E-state index contributed by atoms with van der Waals surface area (Å²) in [4.78, 5) is 28.9. The predicted molar refractivity (Wildman–Crippen MR) is 115 cm³/mol. The number of aliphatic hydroxyl groups excluding tert-OH is 1. The predicted octanol–water partition coefficient (Wildman–Crippen LogP) is 2.46. The molecule has 0 aromatic heterocycles. The van der Waals surface area contributed by atoms with Gasteiger partial charge in [0.2, 0.25) is 5.91 Å². The molecule has 6 nitrogen and oxygen atoms in total. The van der Waals surface area contributed by atoms with E-state index in [4.69, 9.17) is 0 Å². The Morgan fingerprint density at radius 2 is 1.97 bits per heavy atom. The molecule has 1 aromatic carbocycles. The van der Waals surface area contributed by atoms with Gasteiger partial charge < -0.3 is 20.2 Å². The Balaban J connectivity index is 1.46. The molecule has 2 aliphatic heterocycles. The third-order valence-corrected chi connectivity index (χ3v) is 6.63. The molecule has 160 valence electrons. The number of urea groups is 1. The first kappa shape index (κ1) is 20.7. The number of rotatable bonds is 4. The minimum atomic E-state index is -0.223. The maximum Gasteiger partial charge on any atom is 0.318 e. The highest BCUT2D eigenvalue weighted by Gasteiger charge is 2.54. The topological polar surface area (TPSA) is 72.9 Å². The lowest BCUT2D eigenvalue weighted by molar-refractivity contribution is -0.159. The summed E-state index contributed by atoms with van der Waals surface area (Å²) < 4.78 is 0. The molecule has 6 heteroatoms. The van der Waals surface area contributed by atoms with Crippen LogP contribution in [0.25, 0.3) is 0 Å². The molecule has 3 atom stereocenters. The molecular weight excluding hydrogens is 378 g/mol. The number of carbonyl (C=O) groups is 2. The lowest BCUT2D eigenvalue weighted by Crippen LogP contribution is -2.74. The summed E-state index contributed by atoms with van der Waals surface area (Å²) in [6, 6.07) is 7.88. The van der Waals surface area contributed by atoms with Crippen LogP contribution in [-0.2, 0) is 4.79 Å². The molecule has 1 saturated carbocycles. The first-order valence-corrected chi connectivity index (χ1v) is 11.2. The van der Waals surface area contributed by atoms with Gasteiger partial charge in [-0.1, -0.05) is 43.7 Å². The van der Waals surface area contributed by atoms with Gasteiger partial charge in [0.25, 0.3) is 0 Å². The van der Waals surface area contributed by atoms with Gasteiger partial charge >= 0.3 is 6.03 Å². The van der Waals surface area contributed by atoms with E-state index in [0.29, 0.717) is 6.54 Å². The van der Waals surface area contributed by atoms with E-state index in [9.17, 15) is 14.7 Å². The molecule has 0 bridgehead atoms. The van der Waals surface area contributed by atoms with Crippen molar-refractivity contribution in [3.8, 4) is 11.8 Å². The molecule has 3 amide bonds. The summed E-state index contributed by atoms with van der Waals surface area (Å²) in [6.45, 7) is 2.63. The number of piperazine rings is 1. The molecule has 2 heterocycles. The summed E-state index contributed by atoms with van der Waals surface area (Å²) in [6.07, 6.45) is 6.27. The molecule has 0 radical (unpaired) electrons. The number of hydrogen-bond donors (Lipinski definition) is 2. The maximum absolute atomic E-state index is 12.7. The Morgan fingerprint density at radius 1 is 1.23 bits per heavy atom. The van der Waals surface area contributed by atoms with Gasteiger partial charge in [-0.15, -0.1) is 0 Å². The third kappa shape index (κ3) is 4.04. The van der Waals surface area contributed by atoms with Crippen LogP contribution < -0.4 is 5.32 Å². The van der Waals surface area contributed by atoms with E-state index in [1.807, 2.05) is 24.3 Å². The van der Waals surface area contributed by atoms with Crippen molar-refractivity contribution < 1.29 is 14.7 Å². The molecule has 4 rings (SSSR count). The molecule has 2 saturated heterocycles. The Hall–Kier alpha value is -2.52. The molecule has 0 spiro atoms. The minimum absolute atomic E-state index is 0.0266. The van der Waals surface area contributed by atoms with E-state index in [2.05, 4.69) is 24.1 Å². The molecule has 1 aliphatic carbocycles. The van der Waals surface area contributed by atoms with Crippen molar-refractivity contribution in [2.75, 3.05) is 19.7 Å². The van der Waals surface area contributed by atoms with Crippen LogP contribution in [0, 0.1) is 11.8 Å². The second-order valence-corrected chi connectivity index (χ2v) is 8.63. The summed E-state index contributed by atoms with van der Waals surface area (Å²) >= 11 is 0. The van der Waals surface area contributed by atoms with Crippen LogP contribution in [0.1, 0.15) is 62.5 Å². The van der Waals surface area contributed by atoms with E-state index in [1.54, 1.807) is 9.80 Å². The van der Waals surface area contributed by atoms with Crippen molar-refractivity contribution in [1.29, 1.82) is 0 Å². The highest BCUT2D eigenvalue weighted by Crippen LogP contribution is 2.42. The number of carbonyl (C=O) groups excluding carboxylic acids is 2. The van der Waals surface area contributed by atoms with Crippen molar-refractivity contribution in [1.82, 2.24) is 15.1 Å². The van der Waals surface area contributed by atoms with Gasteiger partial charge in [0.15, 0.2) is 0 Å². The monoisotopic (exact) mass is 409 g/mol. The van der Waals surface area contributed by atoms with E-state index < -0.39 is 0 Å². The normalized spacial score (nSPS) is 25.9. The second kappa shape index (κ2) is 9.09. The fourth-order valence-electron chi connectivity index (χ4n) is 5.07. The molecule has 1 aromatic rings. The zero-order chi connectivity index (χ0) is 21.1. The zero-order valence-electron chi connectivity index (χ0n) is 17.6. The van der Waals surface area contributed by atoms with Gasteiger partial charge in [0, 0.05) is 30.5 Å². The lowest BCUT2D eigenvalue weighted by atomic mass is 9.73. The number of benzene rings is 1. The smallest absolute Gasteiger partial charge is 0.318 e. The Bertz CT molecular complexity index is 835. The van der Waals surface area contributed by atoms with E-state index in [-0.39, 0.29) is 49.1 Å². The quantitative estimate of drug-likeness (QED) is 0.751. The highest BCUT2D eigenvalue weighted by atomic mass is 16.3. The Labute approximate surface area is 178 Å². The van der Waals surface area contributed by atoms with Gasteiger partial charge in [0.05, 0.1) is 18.7 Å². The second-order valence-electron chi connectivity index (χ2n) is 8.63. The Kier molecular flexibility index (Phi) is 6.29. The zero-order valence-corrected chi connectivity index (χ0v) is 17.6. The van der Waals surface area contributed by atoms with Crippen molar-refractivity contribution in [2.24, 2.45) is 0 Å². The van der Waals surface area contributed by atoms with E-state index >= 15 is 0 Å². The third-order valence-electron chi connectivity index (χ3n) is 6.63. The first-order chi connectivity index (χ1) is 14.6. The standard InChI is InChI=1S/C24H31N3O3/c1-2-3-4-7-17-10-12-18(13-11-17)23-20-14-26(15-22(29)27(20)21(23)16-28)24(30)25-19-8-5-6-9-19/h10-13,19-21,23,28H,2-3,5-6,8-9,14-16H2,1H3,(H,25,30)/t20-,21+,23+/m0/s1. The van der Waals surface area contributed by atoms with Gasteiger partial charge in [-0.2, -0.15) is 0 Å². The molecule has 3 fully saturated rings. The molecule has 3 aliphatic rings. The summed E-state index contributed by atoms with van der Waals surface area (Å²) in [5.41, 5.74) is 2.06. The van der Waals surface area contributed by atoms with Crippen LogP contribution in [0.5, 0.6) is 0 Å². The number of unbranched alkanes of at least 4 members (excludes halogenated alkanes) is 1. The Morgan fingerprint density at radius 3 is 2.63 bits per heavy atom.